The molecule has 6 nitrogen and oxygen atoms in total. The molecule has 530 valence electrons. The monoisotopic (exact) mass is 1440 g/mol. The van der Waals surface area contributed by atoms with E-state index in [0.29, 0.717) is 39.0 Å². The lowest BCUT2D eigenvalue weighted by atomic mass is 9.73. The number of para-hydroxylation sites is 10. The molecule has 6 aromatic heterocycles. The molecule has 0 aliphatic rings. The first-order valence-electron chi connectivity index (χ1n) is 37.1. The van der Waals surface area contributed by atoms with E-state index in [1.54, 1.807) is 24.3 Å². The largest absolute Gasteiger partial charge is 0.417 e. The van der Waals surface area contributed by atoms with Crippen molar-refractivity contribution in [2.45, 2.75) is 51.1 Å². The Morgan fingerprint density at radius 1 is 0.218 bits per heavy atom. The zero-order chi connectivity index (χ0) is 74.4. The average molecular weight is 1440 g/mol. The first kappa shape index (κ1) is 65.0. The van der Waals surface area contributed by atoms with Gasteiger partial charge in [0.25, 0.3) is 0 Å². The quantitative estimate of drug-likeness (QED) is 0.122. The topological polar surface area (TPSA) is 29.6 Å². The highest BCUT2D eigenvalue weighted by Crippen LogP contribution is 2.60. The summed E-state index contributed by atoms with van der Waals surface area (Å²) in [4.78, 5) is 0. The molecule has 0 fully saturated rings. The normalized spacial score (nSPS) is 12.8. The third-order valence-electron chi connectivity index (χ3n) is 23.4. The molecule has 0 radical (unpaired) electrons. The van der Waals surface area contributed by atoms with E-state index >= 15 is 26.3 Å². The molecule has 12 heteroatoms. The van der Waals surface area contributed by atoms with E-state index in [2.05, 4.69) is 163 Å². The summed E-state index contributed by atoms with van der Waals surface area (Å²) in [6.45, 7) is 8.25. The number of halogens is 6. The lowest BCUT2D eigenvalue weighted by molar-refractivity contribution is -0.137. The van der Waals surface area contributed by atoms with Crippen molar-refractivity contribution >= 4 is 131 Å². The number of aromatic nitrogens is 6. The second-order valence-corrected chi connectivity index (χ2v) is 29.9. The lowest BCUT2D eigenvalue weighted by Crippen LogP contribution is -2.35. The van der Waals surface area contributed by atoms with Crippen LogP contribution in [0.5, 0.6) is 0 Å². The van der Waals surface area contributed by atoms with Crippen molar-refractivity contribution in [3.8, 4) is 45.0 Å². The molecule has 0 aliphatic heterocycles. The number of fused-ring (bicyclic) bond motifs is 20. The average Bonchev–Trinajstić information content (AvgIpc) is 1.37. The second-order valence-electron chi connectivity index (χ2n) is 29.9. The maximum absolute atomic E-state index is 17.8. The maximum Gasteiger partial charge on any atom is 0.417 e. The summed E-state index contributed by atoms with van der Waals surface area (Å²) in [6.07, 6.45) is -10.1. The minimum atomic E-state index is -5.06. The fourth-order valence-corrected chi connectivity index (χ4v) is 19.2. The molecule has 0 bridgehead atoms. The van der Waals surface area contributed by atoms with Crippen LogP contribution in [0, 0.1) is 0 Å². The van der Waals surface area contributed by atoms with E-state index in [0.717, 1.165) is 132 Å². The smallest absolute Gasteiger partial charge is 0.331 e. The van der Waals surface area contributed by atoms with Gasteiger partial charge in [0, 0.05) is 115 Å². The molecule has 21 rings (SSSR count). The van der Waals surface area contributed by atoms with Gasteiger partial charge in [0.15, 0.2) is 0 Å². The van der Waals surface area contributed by atoms with Crippen LogP contribution in [0.25, 0.3) is 176 Å². The van der Waals surface area contributed by atoms with Crippen molar-refractivity contribution in [2.75, 3.05) is 0 Å². The Labute approximate surface area is 626 Å². The van der Waals surface area contributed by atoms with Crippen LogP contribution in [0.15, 0.2) is 328 Å². The Kier molecular flexibility index (Phi) is 13.9. The van der Waals surface area contributed by atoms with Gasteiger partial charge in [0.05, 0.1) is 77.7 Å². The van der Waals surface area contributed by atoms with Crippen LogP contribution in [0.4, 0.5) is 26.3 Å². The number of alkyl halides is 6. The molecule has 0 unspecified atom stereocenters. The molecular weight excluding hydrogens is 1380 g/mol. The summed E-state index contributed by atoms with van der Waals surface area (Å²) in [7, 11) is 0. The molecule has 0 N–H and O–H groups in total. The predicted octanol–water partition coefficient (Wildman–Crippen LogP) is 27.2. The molecule has 0 saturated carbocycles. The fraction of sp³-hybridized carbons (Fsp3) is 0.0816. The summed E-state index contributed by atoms with van der Waals surface area (Å²) in [5, 5.41) is 10.2. The summed E-state index contributed by atoms with van der Waals surface area (Å²) in [5.41, 5.74) is 6.82. The van der Waals surface area contributed by atoms with Crippen molar-refractivity contribution in [3.63, 3.8) is 0 Å². The van der Waals surface area contributed by atoms with Crippen LogP contribution in [0.3, 0.4) is 0 Å². The highest BCUT2D eigenvalue weighted by Gasteiger charge is 2.48. The highest BCUT2D eigenvalue weighted by atomic mass is 19.4. The third-order valence-corrected chi connectivity index (χ3v) is 23.4. The molecule has 0 saturated heterocycles. The molecular formula is C98H66F6N6. The van der Waals surface area contributed by atoms with Gasteiger partial charge in [-0.15, -0.1) is 0 Å². The Morgan fingerprint density at radius 3 is 0.818 bits per heavy atom. The van der Waals surface area contributed by atoms with Crippen molar-refractivity contribution in [1.29, 1.82) is 0 Å². The van der Waals surface area contributed by atoms with Crippen LogP contribution in [0.1, 0.15) is 49.9 Å². The summed E-state index contributed by atoms with van der Waals surface area (Å²) in [6, 6.07) is 106. The van der Waals surface area contributed by atoms with Crippen molar-refractivity contribution in [1.82, 2.24) is 27.4 Å². The van der Waals surface area contributed by atoms with Gasteiger partial charge in [-0.25, -0.2) is 0 Å². The first-order chi connectivity index (χ1) is 53.5. The molecule has 6 heterocycles. The summed E-state index contributed by atoms with van der Waals surface area (Å²) < 4.78 is 120. The van der Waals surface area contributed by atoms with Crippen LogP contribution in [0.2, 0.25) is 0 Å². The minimum Gasteiger partial charge on any atom is -0.331 e. The fourth-order valence-electron chi connectivity index (χ4n) is 19.2. The summed E-state index contributed by atoms with van der Waals surface area (Å²) in [5.74, 6) is 0. The van der Waals surface area contributed by atoms with Crippen molar-refractivity contribution in [3.05, 3.63) is 350 Å². The number of rotatable bonds is 10. The number of hydrogen-bond acceptors (Lipinski definition) is 0. The molecule has 15 aromatic carbocycles. The van der Waals surface area contributed by atoms with Crippen LogP contribution in [-0.4, -0.2) is 27.4 Å². The standard InChI is InChI=1S/C98H66F6N6/c1-95(2,109-79-51-27-15-35-61(79)62-36-16-28-52-80(62)109)89-87(69-41-11-21-45-73(69)97(99,100)101)93(107-75-47-23-13-39-65(75)67-55-57-83-85(91(67)107)71-43-19-25-49-77(71)105(83)59-31-7-5-8-32-59)90(96(3,4)110-81-53-29-17-37-63(81)64-38-18-30-54-82(64)110)94(88(89)70-42-12-22-46-74(70)98(102,103)104)108-76-48-24-14-40-66(76)68-56-58-84-86(92(68)108)72-44-20-26-50-78(72)106(84)60-33-9-6-10-34-60/h5-58H,1-4H3. The van der Waals surface area contributed by atoms with Gasteiger partial charge in [-0.05, 0) is 141 Å². The van der Waals surface area contributed by atoms with E-state index in [1.165, 1.54) is 12.1 Å². The van der Waals surface area contributed by atoms with E-state index < -0.39 is 34.6 Å². The number of hydrogen-bond donors (Lipinski definition) is 0. The predicted molar refractivity (Wildman–Crippen MR) is 440 cm³/mol. The van der Waals surface area contributed by atoms with Gasteiger partial charge in [0.1, 0.15) is 0 Å². The summed E-state index contributed by atoms with van der Waals surface area (Å²) >= 11 is 0. The van der Waals surface area contributed by atoms with E-state index in [4.69, 9.17) is 0 Å². The minimum absolute atomic E-state index is 0.0856. The molecule has 0 amide bonds. The van der Waals surface area contributed by atoms with Crippen molar-refractivity contribution in [2.24, 2.45) is 0 Å². The maximum atomic E-state index is 17.8. The van der Waals surface area contributed by atoms with E-state index in [-0.39, 0.29) is 27.8 Å². The molecule has 110 heavy (non-hydrogen) atoms. The Hall–Kier alpha value is -13.3. The second kappa shape index (κ2) is 23.6. The third kappa shape index (κ3) is 9.07. The van der Waals surface area contributed by atoms with Gasteiger partial charge in [0.2, 0.25) is 0 Å². The van der Waals surface area contributed by atoms with Gasteiger partial charge < -0.3 is 27.4 Å². The lowest BCUT2D eigenvalue weighted by Gasteiger charge is -2.42. The molecule has 0 aliphatic carbocycles. The van der Waals surface area contributed by atoms with E-state index in [9.17, 15) is 0 Å². The molecule has 0 atom stereocenters. The van der Waals surface area contributed by atoms with Gasteiger partial charge in [-0.2, -0.15) is 26.3 Å². The van der Waals surface area contributed by atoms with Crippen LogP contribution in [-0.2, 0) is 23.4 Å². The van der Waals surface area contributed by atoms with Crippen LogP contribution >= 0.6 is 0 Å². The highest BCUT2D eigenvalue weighted by molar-refractivity contribution is 6.29. The van der Waals surface area contributed by atoms with E-state index in [1.807, 2.05) is 172 Å². The molecule has 21 aromatic rings. The Morgan fingerprint density at radius 2 is 0.482 bits per heavy atom. The number of nitrogens with zero attached hydrogens (tertiary/aromatic N) is 6. The zero-order valence-corrected chi connectivity index (χ0v) is 60.1. The molecule has 0 spiro atoms. The SMILES string of the molecule is CC(C)(c1c(-c2ccccc2C(F)(F)F)c(-n2c3ccccc3c3ccc4c(c5ccccc5n4-c4ccccc4)c32)c(C(C)(C)n2c3ccccc3c3ccccc32)c(-n2c3ccccc3c3ccc4c(c5ccccc5n4-c4ccccc4)c32)c1-c1ccccc1C(F)(F)F)n1c2ccccc2c2ccccc21. The van der Waals surface area contributed by atoms with Crippen molar-refractivity contribution < 1.29 is 26.3 Å². The van der Waals surface area contributed by atoms with Gasteiger partial charge in [-0.3, -0.25) is 0 Å². The zero-order valence-electron chi connectivity index (χ0n) is 60.1. The first-order valence-corrected chi connectivity index (χ1v) is 37.1. The van der Waals surface area contributed by atoms with Gasteiger partial charge in [-0.1, -0.05) is 231 Å². The van der Waals surface area contributed by atoms with Crippen LogP contribution < -0.4 is 0 Å². The van der Waals surface area contributed by atoms with Gasteiger partial charge >= 0.3 is 12.4 Å². The Bertz CT molecular complexity index is 7020. The Balaban J connectivity index is 1.15. The number of benzene rings is 15.